The minimum Gasteiger partial charge on any atom is -0.309 e. The van der Waals surface area contributed by atoms with Crippen molar-refractivity contribution in [3.8, 4) is 0 Å². The van der Waals surface area contributed by atoms with Gasteiger partial charge in [-0.05, 0) is 50.2 Å². The number of benzene rings is 1. The summed E-state index contributed by atoms with van der Waals surface area (Å²) in [6.45, 7) is 11.7. The summed E-state index contributed by atoms with van der Waals surface area (Å²) in [4.78, 5) is 2.80. The lowest BCUT2D eigenvalue weighted by atomic mass is 9.83. The number of hydrogen-bond donors (Lipinski definition) is 1. The maximum absolute atomic E-state index is 3.74. The molecule has 2 aliphatic rings. The lowest BCUT2D eigenvalue weighted by Crippen LogP contribution is -2.63. The molecule has 1 aliphatic heterocycles. The molecule has 3 rings (SSSR count). The molecule has 1 saturated heterocycles. The molecule has 2 unspecified atom stereocenters. The van der Waals surface area contributed by atoms with Gasteiger partial charge in [-0.2, -0.15) is 0 Å². The summed E-state index contributed by atoms with van der Waals surface area (Å²) >= 11 is 0. The van der Waals surface area contributed by atoms with E-state index in [1.807, 2.05) is 0 Å². The van der Waals surface area contributed by atoms with Gasteiger partial charge in [-0.3, -0.25) is 4.90 Å². The number of rotatable bonds is 2. The van der Waals surface area contributed by atoms with E-state index in [9.17, 15) is 0 Å². The van der Waals surface area contributed by atoms with Crippen molar-refractivity contribution in [2.24, 2.45) is 5.92 Å². The highest BCUT2D eigenvalue weighted by atomic mass is 15.3. The molecule has 1 aromatic carbocycles. The molecule has 1 aliphatic carbocycles. The van der Waals surface area contributed by atoms with E-state index in [0.717, 1.165) is 13.1 Å². The highest BCUT2D eigenvalue weighted by Crippen LogP contribution is 2.38. The van der Waals surface area contributed by atoms with E-state index in [1.54, 1.807) is 11.1 Å². The van der Waals surface area contributed by atoms with E-state index >= 15 is 0 Å². The van der Waals surface area contributed by atoms with Crippen molar-refractivity contribution in [3.63, 3.8) is 0 Å². The molecule has 1 heterocycles. The lowest BCUT2D eigenvalue weighted by Gasteiger charge is -2.50. The van der Waals surface area contributed by atoms with Gasteiger partial charge in [0.05, 0.1) is 0 Å². The molecule has 0 amide bonds. The zero-order valence-electron chi connectivity index (χ0n) is 14.0. The Morgan fingerprint density at radius 1 is 1.24 bits per heavy atom. The average molecular weight is 286 g/mol. The van der Waals surface area contributed by atoms with Crippen molar-refractivity contribution in [1.82, 2.24) is 10.2 Å². The van der Waals surface area contributed by atoms with Gasteiger partial charge >= 0.3 is 0 Å². The van der Waals surface area contributed by atoms with Crippen LogP contribution in [0.15, 0.2) is 24.3 Å². The molecule has 1 fully saturated rings. The number of nitrogens with zero attached hydrogens (tertiary/aromatic N) is 1. The van der Waals surface area contributed by atoms with Gasteiger partial charge in [0.15, 0.2) is 0 Å². The SMILES string of the molecule is CC(C)C1CNC(C)(C)CN1C1CCCc2ccccc21. The Kier molecular flexibility index (Phi) is 4.11. The van der Waals surface area contributed by atoms with Gasteiger partial charge in [0.25, 0.3) is 0 Å². The second kappa shape index (κ2) is 5.73. The Morgan fingerprint density at radius 2 is 2.00 bits per heavy atom. The molecular weight excluding hydrogens is 256 g/mol. The maximum atomic E-state index is 3.74. The van der Waals surface area contributed by atoms with Crippen LogP contribution in [0.5, 0.6) is 0 Å². The zero-order chi connectivity index (χ0) is 15.0. The first-order chi connectivity index (χ1) is 9.98. The van der Waals surface area contributed by atoms with Crippen LogP contribution in [-0.2, 0) is 6.42 Å². The first-order valence-electron chi connectivity index (χ1n) is 8.56. The Bertz CT molecular complexity index is 492. The fourth-order valence-electron chi connectivity index (χ4n) is 4.16. The van der Waals surface area contributed by atoms with Crippen molar-refractivity contribution in [1.29, 1.82) is 0 Å². The topological polar surface area (TPSA) is 15.3 Å². The molecular formula is C19H30N2. The molecule has 116 valence electrons. The van der Waals surface area contributed by atoms with Gasteiger partial charge < -0.3 is 5.32 Å². The molecule has 0 bridgehead atoms. The molecule has 2 atom stereocenters. The number of aryl methyl sites for hydroxylation is 1. The van der Waals surface area contributed by atoms with Crippen LogP contribution in [0.3, 0.4) is 0 Å². The number of fused-ring (bicyclic) bond motifs is 1. The largest absolute Gasteiger partial charge is 0.309 e. The number of nitrogens with one attached hydrogen (secondary N) is 1. The van der Waals surface area contributed by atoms with Crippen molar-refractivity contribution in [3.05, 3.63) is 35.4 Å². The van der Waals surface area contributed by atoms with Gasteiger partial charge in [0.1, 0.15) is 0 Å². The van der Waals surface area contributed by atoms with Crippen LogP contribution in [-0.4, -0.2) is 29.6 Å². The molecule has 0 aromatic heterocycles. The highest BCUT2D eigenvalue weighted by molar-refractivity contribution is 5.32. The zero-order valence-corrected chi connectivity index (χ0v) is 14.0. The fraction of sp³-hybridized carbons (Fsp3) is 0.684. The van der Waals surface area contributed by atoms with Crippen LogP contribution in [0.2, 0.25) is 0 Å². The molecule has 1 N–H and O–H groups in total. The first-order valence-corrected chi connectivity index (χ1v) is 8.56. The first kappa shape index (κ1) is 15.1. The Hall–Kier alpha value is -0.860. The van der Waals surface area contributed by atoms with Crippen LogP contribution in [0.4, 0.5) is 0 Å². The average Bonchev–Trinajstić information content (AvgIpc) is 2.45. The van der Waals surface area contributed by atoms with Gasteiger partial charge in [-0.1, -0.05) is 38.1 Å². The van der Waals surface area contributed by atoms with E-state index in [2.05, 4.69) is 62.2 Å². The third-order valence-electron chi connectivity index (χ3n) is 5.30. The van der Waals surface area contributed by atoms with Crippen LogP contribution >= 0.6 is 0 Å². The monoisotopic (exact) mass is 286 g/mol. The summed E-state index contributed by atoms with van der Waals surface area (Å²) < 4.78 is 0. The Morgan fingerprint density at radius 3 is 2.76 bits per heavy atom. The minimum atomic E-state index is 0.220. The standard InChI is InChI=1S/C19H30N2/c1-14(2)18-12-20-19(3,4)13-21(18)17-11-7-9-15-8-5-6-10-16(15)17/h5-6,8,10,14,17-18,20H,7,9,11-13H2,1-4H3. The third-order valence-corrected chi connectivity index (χ3v) is 5.30. The molecule has 2 nitrogen and oxygen atoms in total. The van der Waals surface area contributed by atoms with Gasteiger partial charge in [0, 0.05) is 30.7 Å². The van der Waals surface area contributed by atoms with Crippen molar-refractivity contribution >= 4 is 0 Å². The smallest absolute Gasteiger partial charge is 0.0355 e. The summed E-state index contributed by atoms with van der Waals surface area (Å²) in [6, 6.07) is 10.4. The Labute approximate surface area is 129 Å². The predicted molar refractivity (Wildman–Crippen MR) is 89.5 cm³/mol. The van der Waals surface area contributed by atoms with E-state index in [1.165, 1.54) is 19.3 Å². The molecule has 1 aromatic rings. The number of hydrogen-bond acceptors (Lipinski definition) is 2. The summed E-state index contributed by atoms with van der Waals surface area (Å²) in [5.74, 6) is 0.697. The van der Waals surface area contributed by atoms with Crippen molar-refractivity contribution < 1.29 is 0 Å². The van der Waals surface area contributed by atoms with Gasteiger partial charge in [0.2, 0.25) is 0 Å². The van der Waals surface area contributed by atoms with Crippen LogP contribution in [0.1, 0.15) is 57.7 Å². The van der Waals surface area contributed by atoms with Crippen LogP contribution in [0.25, 0.3) is 0 Å². The summed E-state index contributed by atoms with van der Waals surface area (Å²) in [5.41, 5.74) is 3.39. The summed E-state index contributed by atoms with van der Waals surface area (Å²) in [7, 11) is 0. The summed E-state index contributed by atoms with van der Waals surface area (Å²) in [6.07, 6.45) is 3.90. The van der Waals surface area contributed by atoms with E-state index in [0.29, 0.717) is 18.0 Å². The second-order valence-corrected chi connectivity index (χ2v) is 7.86. The molecule has 21 heavy (non-hydrogen) atoms. The quantitative estimate of drug-likeness (QED) is 0.890. The minimum absolute atomic E-state index is 0.220. The van der Waals surface area contributed by atoms with Crippen molar-refractivity contribution in [2.45, 2.75) is 64.6 Å². The van der Waals surface area contributed by atoms with E-state index in [4.69, 9.17) is 0 Å². The van der Waals surface area contributed by atoms with Gasteiger partial charge in [-0.15, -0.1) is 0 Å². The normalized spacial score (nSPS) is 29.4. The number of piperazine rings is 1. The molecule has 0 radical (unpaired) electrons. The van der Waals surface area contributed by atoms with E-state index in [-0.39, 0.29) is 5.54 Å². The molecule has 2 heteroatoms. The molecule has 0 saturated carbocycles. The van der Waals surface area contributed by atoms with E-state index < -0.39 is 0 Å². The summed E-state index contributed by atoms with van der Waals surface area (Å²) in [5, 5.41) is 3.74. The predicted octanol–water partition coefficient (Wildman–Crippen LogP) is 3.77. The highest BCUT2D eigenvalue weighted by Gasteiger charge is 2.39. The van der Waals surface area contributed by atoms with Gasteiger partial charge in [-0.25, -0.2) is 0 Å². The fourth-order valence-corrected chi connectivity index (χ4v) is 4.16. The lowest BCUT2D eigenvalue weighted by molar-refractivity contribution is 0.0245. The maximum Gasteiger partial charge on any atom is 0.0355 e. The third kappa shape index (κ3) is 3.02. The second-order valence-electron chi connectivity index (χ2n) is 7.86. The Balaban J connectivity index is 1.93. The van der Waals surface area contributed by atoms with Crippen LogP contribution < -0.4 is 5.32 Å². The molecule has 0 spiro atoms. The van der Waals surface area contributed by atoms with Crippen molar-refractivity contribution in [2.75, 3.05) is 13.1 Å². The van der Waals surface area contributed by atoms with Crippen LogP contribution in [0, 0.1) is 5.92 Å².